The van der Waals surface area contributed by atoms with E-state index in [1.807, 2.05) is 6.07 Å². The van der Waals surface area contributed by atoms with Crippen LogP contribution in [0.3, 0.4) is 0 Å². The van der Waals surface area contributed by atoms with E-state index >= 15 is 0 Å². The van der Waals surface area contributed by atoms with E-state index in [1.54, 1.807) is 30.3 Å². The van der Waals surface area contributed by atoms with Gasteiger partial charge in [0.1, 0.15) is 18.2 Å². The summed E-state index contributed by atoms with van der Waals surface area (Å²) in [6.45, 7) is 0.562. The van der Waals surface area contributed by atoms with Gasteiger partial charge in [0.2, 0.25) is 0 Å². The smallest absolute Gasteiger partial charge is 0.489 e. The number of halogens is 1. The molecule has 1 N–H and O–H groups in total. The Kier molecular flexibility index (Phi) is 3.23. The first-order valence-corrected chi connectivity index (χ1v) is 6.03. The summed E-state index contributed by atoms with van der Waals surface area (Å²) in [7, 11) is -0.896. The molecule has 0 saturated heterocycles. The van der Waals surface area contributed by atoms with Crippen molar-refractivity contribution in [3.05, 3.63) is 59.4 Å². The van der Waals surface area contributed by atoms with Gasteiger partial charge in [-0.3, -0.25) is 0 Å². The Hall–Kier alpha value is -1.85. The molecule has 96 valence electrons. The maximum atomic E-state index is 13.4. The normalized spacial score (nSPS) is 13.5. The summed E-state index contributed by atoms with van der Waals surface area (Å²) >= 11 is 0. The molecule has 5 heteroatoms. The van der Waals surface area contributed by atoms with Crippen LogP contribution in [0.25, 0.3) is 0 Å². The first-order valence-electron chi connectivity index (χ1n) is 6.03. The SMILES string of the molecule is OB1OCc2ccc(OCc3ccccc3F)cc21. The first-order chi connectivity index (χ1) is 9.24. The fraction of sp³-hybridized carbons (Fsp3) is 0.143. The summed E-state index contributed by atoms with van der Waals surface area (Å²) in [5, 5.41) is 9.60. The molecule has 0 unspecified atom stereocenters. The fourth-order valence-corrected chi connectivity index (χ4v) is 2.06. The maximum Gasteiger partial charge on any atom is 0.491 e. The number of ether oxygens (including phenoxy) is 1. The lowest BCUT2D eigenvalue weighted by Gasteiger charge is -2.08. The van der Waals surface area contributed by atoms with Crippen LogP contribution in [-0.2, 0) is 17.9 Å². The molecular weight excluding hydrogens is 246 g/mol. The lowest BCUT2D eigenvalue weighted by molar-refractivity contribution is 0.275. The Bertz CT molecular complexity index is 603. The van der Waals surface area contributed by atoms with Crippen molar-refractivity contribution < 1.29 is 18.8 Å². The van der Waals surface area contributed by atoms with Gasteiger partial charge in [-0.05, 0) is 29.2 Å². The van der Waals surface area contributed by atoms with Crippen LogP contribution < -0.4 is 10.2 Å². The van der Waals surface area contributed by atoms with Gasteiger partial charge in [0.05, 0.1) is 6.61 Å². The predicted octanol–water partition coefficient (Wildman–Crippen LogP) is 1.62. The summed E-state index contributed by atoms with van der Waals surface area (Å²) in [5.74, 6) is 0.304. The Labute approximate surface area is 110 Å². The second-order valence-electron chi connectivity index (χ2n) is 4.40. The highest BCUT2D eigenvalue weighted by atomic mass is 19.1. The van der Waals surface area contributed by atoms with Crippen LogP contribution >= 0.6 is 0 Å². The minimum absolute atomic E-state index is 0.155. The first kappa shape index (κ1) is 12.2. The molecule has 1 heterocycles. The Morgan fingerprint density at radius 2 is 2.11 bits per heavy atom. The lowest BCUT2D eigenvalue weighted by Crippen LogP contribution is -2.27. The molecule has 0 aliphatic carbocycles. The van der Waals surface area contributed by atoms with Gasteiger partial charge in [-0.25, -0.2) is 4.39 Å². The van der Waals surface area contributed by atoms with Crippen LogP contribution in [0.5, 0.6) is 5.75 Å². The van der Waals surface area contributed by atoms with Crippen molar-refractivity contribution in [2.45, 2.75) is 13.2 Å². The van der Waals surface area contributed by atoms with E-state index in [0.29, 0.717) is 23.4 Å². The molecule has 0 spiro atoms. The molecular formula is C14H12BFO3. The van der Waals surface area contributed by atoms with Gasteiger partial charge in [0, 0.05) is 5.56 Å². The molecule has 0 radical (unpaired) electrons. The average Bonchev–Trinajstić information content (AvgIpc) is 2.79. The summed E-state index contributed by atoms with van der Waals surface area (Å²) < 4.78 is 24.1. The Morgan fingerprint density at radius 1 is 1.26 bits per heavy atom. The topological polar surface area (TPSA) is 38.7 Å². The van der Waals surface area contributed by atoms with Crippen LogP contribution in [-0.4, -0.2) is 12.1 Å². The number of benzene rings is 2. The third-order valence-corrected chi connectivity index (χ3v) is 3.13. The van der Waals surface area contributed by atoms with E-state index in [-0.39, 0.29) is 12.4 Å². The van der Waals surface area contributed by atoms with Gasteiger partial charge >= 0.3 is 7.12 Å². The second kappa shape index (κ2) is 5.03. The van der Waals surface area contributed by atoms with Crippen molar-refractivity contribution in [3.8, 4) is 5.75 Å². The highest BCUT2D eigenvalue weighted by Gasteiger charge is 2.27. The molecule has 1 aliphatic heterocycles. The molecule has 0 amide bonds. The highest BCUT2D eigenvalue weighted by Crippen LogP contribution is 2.18. The van der Waals surface area contributed by atoms with E-state index in [4.69, 9.17) is 9.39 Å². The summed E-state index contributed by atoms with van der Waals surface area (Å²) in [6, 6.07) is 11.9. The van der Waals surface area contributed by atoms with E-state index in [1.165, 1.54) is 6.07 Å². The third-order valence-electron chi connectivity index (χ3n) is 3.13. The number of hydrogen-bond acceptors (Lipinski definition) is 3. The largest absolute Gasteiger partial charge is 0.491 e. The molecule has 19 heavy (non-hydrogen) atoms. The molecule has 1 aliphatic rings. The quantitative estimate of drug-likeness (QED) is 0.850. The Morgan fingerprint density at radius 3 is 2.95 bits per heavy atom. The van der Waals surface area contributed by atoms with Crippen LogP contribution in [0.1, 0.15) is 11.1 Å². The highest BCUT2D eigenvalue weighted by molar-refractivity contribution is 6.61. The van der Waals surface area contributed by atoms with Gasteiger partial charge < -0.3 is 14.4 Å². The molecule has 0 saturated carbocycles. The van der Waals surface area contributed by atoms with Crippen LogP contribution in [0.4, 0.5) is 4.39 Å². The summed E-state index contributed by atoms with van der Waals surface area (Å²) in [6.07, 6.45) is 0. The molecule has 0 aromatic heterocycles. The standard InChI is InChI=1S/C14H12BFO3/c16-14-4-2-1-3-11(14)8-18-12-6-5-10-9-19-15(17)13(10)7-12/h1-7,17H,8-9H2. The molecule has 0 fully saturated rings. The second-order valence-corrected chi connectivity index (χ2v) is 4.40. The molecule has 0 bridgehead atoms. The van der Waals surface area contributed by atoms with E-state index in [0.717, 1.165) is 5.56 Å². The molecule has 2 aromatic rings. The summed E-state index contributed by atoms with van der Waals surface area (Å²) in [5.41, 5.74) is 2.16. The van der Waals surface area contributed by atoms with E-state index < -0.39 is 7.12 Å². The third kappa shape index (κ3) is 2.48. The average molecular weight is 258 g/mol. The molecule has 0 atom stereocenters. The minimum atomic E-state index is -0.896. The fourth-order valence-electron chi connectivity index (χ4n) is 2.06. The van der Waals surface area contributed by atoms with E-state index in [2.05, 4.69) is 0 Å². The molecule has 3 rings (SSSR count). The zero-order valence-corrected chi connectivity index (χ0v) is 10.2. The number of fused-ring (bicyclic) bond motifs is 1. The van der Waals surface area contributed by atoms with Gasteiger partial charge in [0.15, 0.2) is 0 Å². The summed E-state index contributed by atoms with van der Waals surface area (Å²) in [4.78, 5) is 0. The van der Waals surface area contributed by atoms with Crippen LogP contribution in [0.2, 0.25) is 0 Å². The van der Waals surface area contributed by atoms with Crippen molar-refractivity contribution in [2.75, 3.05) is 0 Å². The van der Waals surface area contributed by atoms with Crippen molar-refractivity contribution in [1.29, 1.82) is 0 Å². The van der Waals surface area contributed by atoms with Gasteiger partial charge in [-0.1, -0.05) is 24.3 Å². The van der Waals surface area contributed by atoms with Crippen molar-refractivity contribution in [2.24, 2.45) is 0 Å². The van der Waals surface area contributed by atoms with E-state index in [9.17, 15) is 9.41 Å². The van der Waals surface area contributed by atoms with Crippen LogP contribution in [0, 0.1) is 5.82 Å². The van der Waals surface area contributed by atoms with Crippen LogP contribution in [0.15, 0.2) is 42.5 Å². The van der Waals surface area contributed by atoms with Gasteiger partial charge in [-0.2, -0.15) is 0 Å². The van der Waals surface area contributed by atoms with Gasteiger partial charge in [-0.15, -0.1) is 0 Å². The van der Waals surface area contributed by atoms with Crippen molar-refractivity contribution in [3.63, 3.8) is 0 Å². The zero-order valence-electron chi connectivity index (χ0n) is 10.2. The minimum Gasteiger partial charge on any atom is -0.489 e. The molecule has 3 nitrogen and oxygen atoms in total. The monoisotopic (exact) mass is 258 g/mol. The van der Waals surface area contributed by atoms with Crippen molar-refractivity contribution >= 4 is 12.6 Å². The predicted molar refractivity (Wildman–Crippen MR) is 69.6 cm³/mol. The molecule has 2 aromatic carbocycles. The lowest BCUT2D eigenvalue weighted by atomic mass is 9.79. The number of hydrogen-bond donors (Lipinski definition) is 1. The van der Waals surface area contributed by atoms with Crippen molar-refractivity contribution in [1.82, 2.24) is 0 Å². The maximum absolute atomic E-state index is 13.4. The van der Waals surface area contributed by atoms with Gasteiger partial charge in [0.25, 0.3) is 0 Å². The number of rotatable bonds is 3. The zero-order chi connectivity index (χ0) is 13.2. The Balaban J connectivity index is 1.75.